The lowest BCUT2D eigenvalue weighted by molar-refractivity contribution is -0.143. The molecule has 3 N–H and O–H groups in total. The van der Waals surface area contributed by atoms with Crippen LogP contribution in [0.2, 0.25) is 0 Å². The van der Waals surface area contributed by atoms with E-state index >= 15 is 0 Å². The number of ether oxygens (including phenoxy) is 1. The van der Waals surface area contributed by atoms with Gasteiger partial charge in [-0.1, -0.05) is 398 Å². The summed E-state index contributed by atoms with van der Waals surface area (Å²) in [4.78, 5) is 24.6. The molecule has 0 rings (SSSR count). The summed E-state index contributed by atoms with van der Waals surface area (Å²) in [5.74, 6) is -0.0373. The van der Waals surface area contributed by atoms with Crippen molar-refractivity contribution in [3.05, 3.63) is 12.2 Å². The zero-order valence-corrected chi connectivity index (χ0v) is 55.3. The van der Waals surface area contributed by atoms with Crippen LogP contribution >= 0.6 is 0 Å². The van der Waals surface area contributed by atoms with Gasteiger partial charge >= 0.3 is 5.97 Å². The van der Waals surface area contributed by atoms with Gasteiger partial charge in [-0.25, -0.2) is 0 Å². The Hall–Kier alpha value is -1.40. The number of esters is 1. The number of carbonyl (C=O) groups is 2. The van der Waals surface area contributed by atoms with Crippen molar-refractivity contribution < 1.29 is 24.5 Å². The lowest BCUT2D eigenvalue weighted by atomic mass is 10.0. The number of aliphatic hydroxyl groups excluding tert-OH is 2. The third-order valence-electron chi connectivity index (χ3n) is 17.8. The molecule has 0 aliphatic carbocycles. The largest absolute Gasteiger partial charge is 0.466 e. The number of carbonyl (C=O) groups excluding carboxylic acids is 2. The second-order valence-electron chi connectivity index (χ2n) is 26.0. The molecule has 0 saturated heterocycles. The van der Waals surface area contributed by atoms with Crippen LogP contribution in [0.15, 0.2) is 12.2 Å². The topological polar surface area (TPSA) is 95.9 Å². The first-order valence-corrected chi connectivity index (χ1v) is 37.5. The van der Waals surface area contributed by atoms with Gasteiger partial charge < -0.3 is 20.3 Å². The lowest BCUT2D eigenvalue weighted by Crippen LogP contribution is -2.45. The highest BCUT2D eigenvalue weighted by Gasteiger charge is 2.18. The molecule has 6 heteroatoms. The Kier molecular flexibility index (Phi) is 69.9. The maximum Gasteiger partial charge on any atom is 0.305 e. The van der Waals surface area contributed by atoms with E-state index in [9.17, 15) is 19.8 Å². The molecule has 0 fully saturated rings. The predicted molar refractivity (Wildman–Crippen MR) is 357 cm³/mol. The second-order valence-corrected chi connectivity index (χ2v) is 26.0. The van der Waals surface area contributed by atoms with Crippen LogP contribution in [-0.2, 0) is 14.3 Å². The second kappa shape index (κ2) is 71.1. The molecule has 0 aliphatic rings. The van der Waals surface area contributed by atoms with Crippen molar-refractivity contribution in [3.8, 4) is 0 Å². The van der Waals surface area contributed by atoms with Gasteiger partial charge in [0.25, 0.3) is 0 Å². The molecule has 0 aromatic carbocycles. The molecule has 0 aromatic heterocycles. The Labute approximate surface area is 508 Å². The summed E-state index contributed by atoms with van der Waals surface area (Å²) in [6.07, 6.45) is 88.8. The zero-order chi connectivity index (χ0) is 58.5. The highest BCUT2D eigenvalue weighted by Crippen LogP contribution is 2.20. The number of unbranched alkanes of at least 4 members (excludes halogenated alkanes) is 60. The van der Waals surface area contributed by atoms with Crippen LogP contribution in [0.3, 0.4) is 0 Å². The monoisotopic (exact) mass is 1140 g/mol. The van der Waals surface area contributed by atoms with Gasteiger partial charge in [0.2, 0.25) is 5.91 Å². The minimum Gasteiger partial charge on any atom is -0.466 e. The minimum absolute atomic E-state index is 0.0237. The number of aliphatic hydroxyl groups is 2. The smallest absolute Gasteiger partial charge is 0.305 e. The molecular formula is C75H147NO5. The summed E-state index contributed by atoms with van der Waals surface area (Å²) in [6.45, 7) is 4.96. The fraction of sp³-hybridized carbons (Fsp3) is 0.947. The van der Waals surface area contributed by atoms with Crippen molar-refractivity contribution in [2.45, 2.75) is 443 Å². The molecule has 2 unspecified atom stereocenters. The SMILES string of the molecule is CCCCCCCCCCCCCCCCCC/C=C/C(O)C(CO)NC(=O)CCCCCCCCCCCCCCCCCCCCCCCCCCCCCOC(=O)CCCCCCCCCCCCCCCCCCCCC. The van der Waals surface area contributed by atoms with Crippen molar-refractivity contribution in [1.82, 2.24) is 5.32 Å². The van der Waals surface area contributed by atoms with E-state index < -0.39 is 12.1 Å². The number of amides is 1. The molecule has 0 saturated carbocycles. The number of nitrogens with one attached hydrogen (secondary N) is 1. The van der Waals surface area contributed by atoms with Crippen molar-refractivity contribution in [2.24, 2.45) is 0 Å². The molecule has 0 radical (unpaired) electrons. The Balaban J connectivity index is 3.34. The molecule has 0 heterocycles. The average molecular weight is 1140 g/mol. The summed E-state index contributed by atoms with van der Waals surface area (Å²) in [5, 5.41) is 23.2. The van der Waals surface area contributed by atoms with E-state index in [0.29, 0.717) is 19.4 Å². The summed E-state index contributed by atoms with van der Waals surface area (Å²) in [5.41, 5.74) is 0. The zero-order valence-electron chi connectivity index (χ0n) is 55.3. The lowest BCUT2D eigenvalue weighted by Gasteiger charge is -2.20. The van der Waals surface area contributed by atoms with Crippen LogP contribution in [0.1, 0.15) is 431 Å². The van der Waals surface area contributed by atoms with Crippen LogP contribution in [-0.4, -0.2) is 47.4 Å². The van der Waals surface area contributed by atoms with Gasteiger partial charge in [0.1, 0.15) is 0 Å². The fourth-order valence-corrected chi connectivity index (χ4v) is 12.1. The minimum atomic E-state index is -0.842. The maximum absolute atomic E-state index is 12.5. The fourth-order valence-electron chi connectivity index (χ4n) is 12.1. The van der Waals surface area contributed by atoms with E-state index in [1.54, 1.807) is 6.08 Å². The van der Waals surface area contributed by atoms with Crippen LogP contribution < -0.4 is 5.32 Å². The van der Waals surface area contributed by atoms with Gasteiger partial charge in [-0.05, 0) is 32.1 Å². The normalized spacial score (nSPS) is 12.5. The van der Waals surface area contributed by atoms with Gasteiger partial charge in [-0.3, -0.25) is 9.59 Å². The Morgan fingerprint density at radius 1 is 0.333 bits per heavy atom. The summed E-state index contributed by atoms with van der Waals surface area (Å²) in [6, 6.07) is -0.626. The van der Waals surface area contributed by atoms with E-state index in [4.69, 9.17) is 4.74 Å². The highest BCUT2D eigenvalue weighted by atomic mass is 16.5. The Morgan fingerprint density at radius 2 is 0.568 bits per heavy atom. The first-order chi connectivity index (χ1) is 40.0. The van der Waals surface area contributed by atoms with Crippen LogP contribution in [0.4, 0.5) is 0 Å². The van der Waals surface area contributed by atoms with E-state index in [-0.39, 0.29) is 18.5 Å². The van der Waals surface area contributed by atoms with Crippen molar-refractivity contribution in [1.29, 1.82) is 0 Å². The molecule has 0 aliphatic heterocycles. The predicted octanol–water partition coefficient (Wildman–Crippen LogP) is 24.3. The maximum atomic E-state index is 12.5. The number of allylic oxidation sites excluding steroid dienone is 1. The van der Waals surface area contributed by atoms with Crippen molar-refractivity contribution in [2.75, 3.05) is 13.2 Å². The molecule has 81 heavy (non-hydrogen) atoms. The highest BCUT2D eigenvalue weighted by molar-refractivity contribution is 5.76. The molecule has 482 valence electrons. The van der Waals surface area contributed by atoms with E-state index in [0.717, 1.165) is 38.5 Å². The Bertz CT molecular complexity index is 1220. The molecule has 1 amide bonds. The molecular weight excluding hydrogens is 995 g/mol. The first kappa shape index (κ1) is 79.6. The van der Waals surface area contributed by atoms with Crippen LogP contribution in [0.5, 0.6) is 0 Å². The van der Waals surface area contributed by atoms with Gasteiger partial charge in [0.15, 0.2) is 0 Å². The molecule has 6 nitrogen and oxygen atoms in total. The quantitative estimate of drug-likeness (QED) is 0.0320. The molecule has 0 bridgehead atoms. The van der Waals surface area contributed by atoms with Crippen LogP contribution in [0.25, 0.3) is 0 Å². The van der Waals surface area contributed by atoms with Crippen LogP contribution in [0, 0.1) is 0 Å². The molecule has 0 aromatic rings. The van der Waals surface area contributed by atoms with E-state index in [2.05, 4.69) is 19.2 Å². The average Bonchev–Trinajstić information content (AvgIpc) is 3.47. The number of hydrogen-bond acceptors (Lipinski definition) is 5. The summed E-state index contributed by atoms with van der Waals surface area (Å²) < 4.78 is 5.52. The van der Waals surface area contributed by atoms with E-state index in [1.807, 2.05) is 6.08 Å². The number of rotatable bonds is 71. The van der Waals surface area contributed by atoms with Gasteiger partial charge in [0, 0.05) is 12.8 Å². The van der Waals surface area contributed by atoms with Gasteiger partial charge in [-0.15, -0.1) is 0 Å². The van der Waals surface area contributed by atoms with Gasteiger partial charge in [0.05, 0.1) is 25.4 Å². The Morgan fingerprint density at radius 3 is 0.840 bits per heavy atom. The number of hydrogen-bond donors (Lipinski definition) is 3. The third kappa shape index (κ3) is 67.6. The molecule has 0 spiro atoms. The van der Waals surface area contributed by atoms with Crippen molar-refractivity contribution >= 4 is 11.9 Å². The molecule has 2 atom stereocenters. The first-order valence-electron chi connectivity index (χ1n) is 37.5. The van der Waals surface area contributed by atoms with Crippen molar-refractivity contribution in [3.63, 3.8) is 0 Å². The summed E-state index contributed by atoms with van der Waals surface area (Å²) >= 11 is 0. The third-order valence-corrected chi connectivity index (χ3v) is 17.8. The van der Waals surface area contributed by atoms with Gasteiger partial charge in [-0.2, -0.15) is 0 Å². The summed E-state index contributed by atoms with van der Waals surface area (Å²) in [7, 11) is 0. The van der Waals surface area contributed by atoms with E-state index in [1.165, 1.54) is 366 Å². The standard InChI is InChI=1S/C75H147NO5/c1-3-5-7-9-11-13-15-17-19-21-32-37-41-45-49-53-57-61-65-69-75(80)81-70-66-62-58-54-50-46-42-38-34-31-29-27-25-23-24-26-28-30-33-36-40-44-48-52-56-60-64-68-74(79)76-72(71-77)73(78)67-63-59-55-51-47-43-39-35-22-20-18-16-14-12-10-8-6-4-2/h63,67,72-73,77-78H,3-62,64-66,68-71H2,1-2H3,(H,76,79)/b67-63+.